The van der Waals surface area contributed by atoms with Gasteiger partial charge in [-0.25, -0.2) is 4.98 Å². The molecule has 1 fully saturated rings. The van der Waals surface area contributed by atoms with E-state index >= 15 is 0 Å². The van der Waals surface area contributed by atoms with E-state index in [-0.39, 0.29) is 82.8 Å². The molecule has 0 spiro atoms. The molecule has 2 rings (SSSR count). The smallest absolute Gasteiger partial charge is 0.268 e. The van der Waals surface area contributed by atoms with Crippen LogP contribution in [0.1, 0.15) is 83.2 Å². The van der Waals surface area contributed by atoms with Gasteiger partial charge in [-0.05, 0) is 90.8 Å². The summed E-state index contributed by atoms with van der Waals surface area (Å²) in [6.07, 6.45) is 3.28. The zero-order valence-electron chi connectivity index (χ0n) is 45.2. The van der Waals surface area contributed by atoms with Crippen LogP contribution in [0.25, 0.3) is 0 Å². The van der Waals surface area contributed by atoms with Crippen LogP contribution in [-0.4, -0.2) is 203 Å². The van der Waals surface area contributed by atoms with Crippen LogP contribution in [-0.2, 0) is 54.4 Å². The van der Waals surface area contributed by atoms with Gasteiger partial charge in [0.25, 0.3) is 5.91 Å². The number of unbranched alkanes of at least 4 members (excludes halogenated alkanes) is 2. The minimum atomic E-state index is -1.83. The molecule has 1 aromatic rings. The predicted molar refractivity (Wildman–Crippen MR) is 290 cm³/mol. The second-order valence-electron chi connectivity index (χ2n) is 18.9. The lowest BCUT2D eigenvalue weighted by Crippen LogP contribution is -2.63. The third-order valence-electron chi connectivity index (χ3n) is 12.6. The van der Waals surface area contributed by atoms with Gasteiger partial charge in [0.1, 0.15) is 48.0 Å². The molecule has 33 nitrogen and oxygen atoms in total. The van der Waals surface area contributed by atoms with Crippen LogP contribution in [0.4, 0.5) is 0 Å². The number of guanidine groups is 1. The number of carbonyl (C=O) groups is 10. The van der Waals surface area contributed by atoms with Crippen LogP contribution >= 0.6 is 0 Å². The van der Waals surface area contributed by atoms with Crippen molar-refractivity contribution < 1.29 is 58.2 Å². The first kappa shape index (κ1) is 68.7. The zero-order valence-corrected chi connectivity index (χ0v) is 45.2. The van der Waals surface area contributed by atoms with Gasteiger partial charge < -0.3 is 114 Å². The minimum Gasteiger partial charge on any atom is -0.389 e. The number of rotatable bonds is 38. The van der Waals surface area contributed by atoms with E-state index in [9.17, 15) is 58.2 Å². The molecule has 2 heterocycles. The topological polar surface area (TPSA) is 586 Å². The first-order valence-electron chi connectivity index (χ1n) is 26.4. The molecule has 0 aromatic carbocycles. The van der Waals surface area contributed by atoms with E-state index < -0.39 is 139 Å². The number of nitrogens with one attached hydrogen (secondary N) is 9. The number of primary amides is 1. The molecule has 1 saturated heterocycles. The van der Waals surface area contributed by atoms with Crippen LogP contribution < -0.4 is 94.1 Å². The Morgan fingerprint density at radius 2 is 1.35 bits per heavy atom. The molecular formula is C47H85N21O12. The van der Waals surface area contributed by atoms with Crippen LogP contribution in [0, 0.1) is 0 Å². The number of aromatic amines is 1. The van der Waals surface area contributed by atoms with Crippen molar-refractivity contribution in [3.05, 3.63) is 30.0 Å². The van der Waals surface area contributed by atoms with Gasteiger partial charge in [0, 0.05) is 44.5 Å². The van der Waals surface area contributed by atoms with Crippen LogP contribution in [0.3, 0.4) is 0 Å². The molecule has 10 amide bonds. The van der Waals surface area contributed by atoms with Crippen molar-refractivity contribution in [1.29, 1.82) is 0 Å². The van der Waals surface area contributed by atoms with Gasteiger partial charge in [0.2, 0.25) is 53.2 Å². The lowest BCUT2D eigenvalue weighted by atomic mass is 10.0. The Hall–Kier alpha value is -7.40. The molecule has 33 heteroatoms. The van der Waals surface area contributed by atoms with Crippen molar-refractivity contribution in [2.45, 2.75) is 145 Å². The number of aliphatic hydroxyl groups excluding tert-OH is 2. The third-order valence-corrected chi connectivity index (χ3v) is 12.6. The maximum Gasteiger partial charge on any atom is 0.268 e. The second kappa shape index (κ2) is 36.7. The summed E-state index contributed by atoms with van der Waals surface area (Å²) in [5.41, 5.74) is 50.4. The predicted octanol–water partition coefficient (Wildman–Crippen LogP) is -9.90. The molecule has 80 heavy (non-hydrogen) atoms. The molecule has 1 aliphatic rings. The second-order valence-corrected chi connectivity index (χ2v) is 18.9. The average molecular weight is 1140 g/mol. The van der Waals surface area contributed by atoms with E-state index in [0.29, 0.717) is 44.3 Å². The first-order valence-corrected chi connectivity index (χ1v) is 26.4. The summed E-state index contributed by atoms with van der Waals surface area (Å²) in [5.74, 6) is -9.10. The summed E-state index contributed by atoms with van der Waals surface area (Å²) in [4.78, 5) is 147. The number of aromatic nitrogens is 2. The number of hydrogen-bond acceptors (Lipinski definition) is 20. The summed E-state index contributed by atoms with van der Waals surface area (Å²) in [6.45, 7) is 0.220. The van der Waals surface area contributed by atoms with E-state index in [4.69, 9.17) is 51.6 Å². The summed E-state index contributed by atoms with van der Waals surface area (Å²) < 4.78 is 0. The molecule has 1 aliphatic heterocycles. The van der Waals surface area contributed by atoms with Gasteiger partial charge in [-0.3, -0.25) is 52.9 Å². The van der Waals surface area contributed by atoms with Gasteiger partial charge in [-0.1, -0.05) is 12.5 Å². The maximum atomic E-state index is 14.3. The van der Waals surface area contributed by atoms with E-state index in [1.807, 2.05) is 0 Å². The molecular weight excluding hydrogens is 1050 g/mol. The van der Waals surface area contributed by atoms with E-state index in [2.05, 4.69) is 57.5 Å². The quantitative estimate of drug-likeness (QED) is 0.0127. The van der Waals surface area contributed by atoms with Gasteiger partial charge in [0.05, 0.1) is 31.1 Å². The molecule has 0 unspecified atom stereocenters. The molecule has 29 N–H and O–H groups in total. The molecule has 0 aliphatic carbocycles. The Bertz CT molecular complexity index is 2250. The molecule has 0 saturated carbocycles. The highest BCUT2D eigenvalue weighted by atomic mass is 16.3. The van der Waals surface area contributed by atoms with Crippen molar-refractivity contribution >= 4 is 65.0 Å². The number of aliphatic hydroxyl groups is 2. The van der Waals surface area contributed by atoms with Gasteiger partial charge >= 0.3 is 0 Å². The Labute approximate surface area is 463 Å². The fraction of sp³-hybridized carbons (Fsp3) is 0.660. The largest absolute Gasteiger partial charge is 0.389 e. The van der Waals surface area contributed by atoms with E-state index in [1.165, 1.54) is 30.4 Å². The highest BCUT2D eigenvalue weighted by Crippen LogP contribution is 2.20. The van der Waals surface area contributed by atoms with Crippen molar-refractivity contribution in [1.82, 2.24) is 57.4 Å². The van der Waals surface area contributed by atoms with Crippen LogP contribution in [0.5, 0.6) is 0 Å². The van der Waals surface area contributed by atoms with E-state index in [0.717, 1.165) is 0 Å². The highest BCUT2D eigenvalue weighted by Gasteiger charge is 2.40. The molecule has 0 radical (unpaired) electrons. The van der Waals surface area contributed by atoms with Crippen molar-refractivity contribution in [2.75, 3.05) is 52.4 Å². The first-order chi connectivity index (χ1) is 38.0. The number of nitrogens with zero attached hydrogens (tertiary/aromatic N) is 3. The molecule has 450 valence electrons. The van der Waals surface area contributed by atoms with Crippen molar-refractivity contribution in [3.8, 4) is 0 Å². The van der Waals surface area contributed by atoms with Crippen LogP contribution in [0.2, 0.25) is 0 Å². The average Bonchev–Trinajstić information content (AvgIpc) is 4.15. The summed E-state index contributed by atoms with van der Waals surface area (Å²) in [7, 11) is 0. The Kier molecular flexibility index (Phi) is 31.5. The normalized spacial score (nSPS) is 16.6. The summed E-state index contributed by atoms with van der Waals surface area (Å²) >= 11 is 0. The van der Waals surface area contributed by atoms with E-state index in [1.54, 1.807) is 0 Å². The number of imidazole rings is 1. The minimum absolute atomic E-state index is 0.0187. The lowest BCUT2D eigenvalue weighted by molar-refractivity contribution is -0.142. The van der Waals surface area contributed by atoms with Gasteiger partial charge in [0.15, 0.2) is 5.96 Å². The SMILES string of the molecule is C[C@H](NC(=O)/C(=C/CCN=C(N)N)NC(=O)[C@H](CCCCN)NC(=O)[C@H](Cc1cnc[nH]1)NC(=O)[C@@H]1CCCN1C(=O)[C@@H](CCCN)NC(=O)CNC(=O)[C@@H](NC(=O)[C@@H](NC(=O)[C@@H](N)CCCCN)[C@@H](O)CN)[C@@H](O)CN)C(N)=O. The molecule has 1 aromatic heterocycles. The summed E-state index contributed by atoms with van der Waals surface area (Å²) in [6, 6.07) is -11.0. The van der Waals surface area contributed by atoms with Crippen molar-refractivity contribution in [3.63, 3.8) is 0 Å². The van der Waals surface area contributed by atoms with Crippen molar-refractivity contribution in [2.24, 2.45) is 56.6 Å². The van der Waals surface area contributed by atoms with Crippen LogP contribution in [0.15, 0.2) is 29.3 Å². The van der Waals surface area contributed by atoms with Gasteiger partial charge in [-0.2, -0.15) is 0 Å². The molecule has 0 bridgehead atoms. The van der Waals surface area contributed by atoms with Gasteiger partial charge in [-0.15, -0.1) is 0 Å². The molecule has 10 atom stereocenters. The highest BCUT2D eigenvalue weighted by molar-refractivity contribution is 6.02. The number of H-pyrrole nitrogens is 1. The summed E-state index contributed by atoms with van der Waals surface area (Å²) in [5, 5.41) is 40.8. The Morgan fingerprint density at radius 1 is 0.738 bits per heavy atom. The number of nitrogens with two attached hydrogens (primary N) is 9. The lowest BCUT2D eigenvalue weighted by Gasteiger charge is -2.30. The number of aliphatic imine (C=N–C) groups is 1. The monoisotopic (exact) mass is 1140 g/mol. The standard InChI is InChI=1S/C47H85N21O12/c1-25(38(54)72)61-40(74)29(12-7-17-58-47(55)56)63-41(75)28(10-3-5-15-49)64-42(76)31(19-26-22-57-24-60-26)65-43(77)32-13-8-18-68(32)46(80)30(11-6-16-50)62-35(71)23-59-44(78)36(33(69)20-51)67-45(79)37(34(70)21-52)66-39(73)27(53)9-2-4-14-48/h12,22,24-25,27-28,30-34,36-37,69-70H,2-11,13-21,23,48-53H2,1H3,(H2,54,72)(H,57,60)(H,59,78)(H,61,74)(H,62,71)(H,63,75)(H,64,76)(H,65,77)(H,66,73)(H,67,79)(H4,55,56,58)/b29-12-/t25-,27-,28-,30+,31-,32-,33-,34-,36-,37-/m0/s1. The number of carbonyl (C=O) groups excluding carboxylic acids is 10. The number of amides is 10. The fourth-order valence-corrected chi connectivity index (χ4v) is 7.99. The zero-order chi connectivity index (χ0) is 59.9. The number of likely N-dealkylation sites (tertiary alicyclic amines) is 1. The maximum absolute atomic E-state index is 14.3. The third kappa shape index (κ3) is 23.9. The fourth-order valence-electron chi connectivity index (χ4n) is 7.99. The number of hydrogen-bond donors (Lipinski definition) is 20. The Morgan fingerprint density at radius 3 is 1.94 bits per heavy atom. The Balaban J connectivity index is 2.33.